The molecule has 0 spiro atoms. The maximum atomic E-state index is 12.9. The smallest absolute Gasteiger partial charge is 0.356 e. The zero-order chi connectivity index (χ0) is 24.2. The van der Waals surface area contributed by atoms with Crippen molar-refractivity contribution in [1.82, 2.24) is 9.88 Å². The van der Waals surface area contributed by atoms with Gasteiger partial charge in [-0.3, -0.25) is 9.69 Å². The average molecular weight is 465 g/mol. The molecule has 0 unspecified atom stereocenters. The highest BCUT2D eigenvalue weighted by Gasteiger charge is 2.24. The Balaban J connectivity index is 1.39. The molecule has 2 N–H and O–H groups in total. The van der Waals surface area contributed by atoms with Crippen molar-refractivity contribution >= 4 is 34.2 Å². The van der Waals surface area contributed by atoms with E-state index in [-0.39, 0.29) is 11.6 Å². The number of carbonyl (C=O) groups excluding carboxylic acids is 2. The van der Waals surface area contributed by atoms with E-state index >= 15 is 0 Å². The second kappa shape index (κ2) is 10.2. The first-order valence-corrected chi connectivity index (χ1v) is 11.5. The van der Waals surface area contributed by atoms with Crippen LogP contribution in [0.2, 0.25) is 0 Å². The topological polar surface area (TPSA) is 86.9 Å². The zero-order valence-corrected chi connectivity index (χ0v) is 20.2. The van der Waals surface area contributed by atoms with Crippen LogP contribution in [0.4, 0.5) is 11.4 Å². The van der Waals surface area contributed by atoms with Gasteiger partial charge in [0.2, 0.25) is 5.91 Å². The van der Waals surface area contributed by atoms with Crippen molar-refractivity contribution in [3.05, 3.63) is 53.2 Å². The SMILES string of the molecule is COC(=O)c1[nH]c2cccc(OC)c2c1NC(=O)CCN1CCN(c2cccc(C)c2C)CC1. The van der Waals surface area contributed by atoms with Gasteiger partial charge in [0, 0.05) is 44.8 Å². The van der Waals surface area contributed by atoms with Crippen molar-refractivity contribution in [1.29, 1.82) is 0 Å². The van der Waals surface area contributed by atoms with E-state index < -0.39 is 5.97 Å². The summed E-state index contributed by atoms with van der Waals surface area (Å²) in [6, 6.07) is 11.9. The Labute approximate surface area is 199 Å². The van der Waals surface area contributed by atoms with Crippen LogP contribution >= 0.6 is 0 Å². The summed E-state index contributed by atoms with van der Waals surface area (Å²) in [6.45, 7) is 8.62. The summed E-state index contributed by atoms with van der Waals surface area (Å²) in [5, 5.41) is 3.58. The number of nitrogens with one attached hydrogen (secondary N) is 2. The second-order valence-electron chi connectivity index (χ2n) is 8.60. The quantitative estimate of drug-likeness (QED) is 0.518. The first kappa shape index (κ1) is 23.6. The minimum atomic E-state index is -0.545. The number of hydrogen-bond acceptors (Lipinski definition) is 6. The van der Waals surface area contributed by atoms with Gasteiger partial charge in [0.1, 0.15) is 11.4 Å². The molecule has 2 aromatic carbocycles. The number of piperazine rings is 1. The lowest BCUT2D eigenvalue weighted by Gasteiger charge is -2.37. The monoisotopic (exact) mass is 464 g/mol. The number of fused-ring (bicyclic) bond motifs is 1. The largest absolute Gasteiger partial charge is 0.496 e. The van der Waals surface area contributed by atoms with E-state index in [9.17, 15) is 9.59 Å². The molecule has 34 heavy (non-hydrogen) atoms. The van der Waals surface area contributed by atoms with Gasteiger partial charge in [-0.1, -0.05) is 18.2 Å². The van der Waals surface area contributed by atoms with Crippen molar-refractivity contribution in [3.63, 3.8) is 0 Å². The van der Waals surface area contributed by atoms with Gasteiger partial charge in [-0.2, -0.15) is 0 Å². The Morgan fingerprint density at radius 2 is 1.76 bits per heavy atom. The lowest BCUT2D eigenvalue weighted by Crippen LogP contribution is -2.47. The van der Waals surface area contributed by atoms with Gasteiger partial charge < -0.3 is 24.7 Å². The van der Waals surface area contributed by atoms with Crippen molar-refractivity contribution in [3.8, 4) is 5.75 Å². The predicted molar refractivity (Wildman–Crippen MR) is 134 cm³/mol. The van der Waals surface area contributed by atoms with Crippen LogP contribution in [0.1, 0.15) is 28.0 Å². The molecule has 0 aliphatic carbocycles. The molecule has 180 valence electrons. The van der Waals surface area contributed by atoms with Crippen molar-refractivity contribution in [2.75, 3.05) is 57.2 Å². The molecule has 0 bridgehead atoms. The van der Waals surface area contributed by atoms with Gasteiger partial charge in [0.05, 0.1) is 30.8 Å². The Morgan fingerprint density at radius 1 is 1.03 bits per heavy atom. The van der Waals surface area contributed by atoms with Crippen molar-refractivity contribution < 1.29 is 19.1 Å². The van der Waals surface area contributed by atoms with E-state index in [1.165, 1.54) is 23.9 Å². The van der Waals surface area contributed by atoms with Crippen molar-refractivity contribution in [2.24, 2.45) is 0 Å². The fourth-order valence-corrected chi connectivity index (χ4v) is 4.52. The molecule has 0 saturated carbocycles. The summed E-state index contributed by atoms with van der Waals surface area (Å²) in [5.74, 6) is -0.133. The molecule has 1 aliphatic rings. The third kappa shape index (κ3) is 4.72. The molecule has 4 rings (SSSR count). The molecule has 3 aromatic rings. The van der Waals surface area contributed by atoms with Crippen LogP contribution < -0.4 is 15.0 Å². The van der Waals surface area contributed by atoms with Gasteiger partial charge in [0.15, 0.2) is 0 Å². The average Bonchev–Trinajstić information content (AvgIpc) is 3.22. The summed E-state index contributed by atoms with van der Waals surface area (Å²) in [5.41, 5.74) is 5.21. The molecule has 0 radical (unpaired) electrons. The Morgan fingerprint density at radius 3 is 2.47 bits per heavy atom. The molecule has 1 saturated heterocycles. The highest BCUT2D eigenvalue weighted by Crippen LogP contribution is 2.35. The Kier molecular flexibility index (Phi) is 7.07. The lowest BCUT2D eigenvalue weighted by molar-refractivity contribution is -0.116. The second-order valence-corrected chi connectivity index (χ2v) is 8.60. The minimum absolute atomic E-state index is 0.158. The maximum absolute atomic E-state index is 12.9. The van der Waals surface area contributed by atoms with Gasteiger partial charge in [0.25, 0.3) is 0 Å². The normalized spacial score (nSPS) is 14.3. The molecule has 0 atom stereocenters. The molecule has 8 nitrogen and oxygen atoms in total. The Hall–Kier alpha value is -3.52. The Bertz CT molecular complexity index is 1190. The van der Waals surface area contributed by atoms with E-state index in [4.69, 9.17) is 9.47 Å². The van der Waals surface area contributed by atoms with Crippen LogP contribution in [0.25, 0.3) is 10.9 Å². The van der Waals surface area contributed by atoms with Crippen LogP contribution in [0, 0.1) is 13.8 Å². The number of methoxy groups -OCH3 is 2. The first-order chi connectivity index (χ1) is 16.4. The van der Waals surface area contributed by atoms with E-state index in [1.807, 2.05) is 12.1 Å². The maximum Gasteiger partial charge on any atom is 0.356 e. The van der Waals surface area contributed by atoms with Crippen LogP contribution in [0.15, 0.2) is 36.4 Å². The fourth-order valence-electron chi connectivity index (χ4n) is 4.52. The molecule has 8 heteroatoms. The van der Waals surface area contributed by atoms with Crippen molar-refractivity contribution in [2.45, 2.75) is 20.3 Å². The first-order valence-electron chi connectivity index (χ1n) is 11.5. The molecular weight excluding hydrogens is 432 g/mol. The number of aromatic nitrogens is 1. The number of ether oxygens (including phenoxy) is 2. The van der Waals surface area contributed by atoms with Crippen LogP contribution in [-0.4, -0.2) is 68.7 Å². The molecule has 1 fully saturated rings. The lowest BCUT2D eigenvalue weighted by atomic mass is 10.1. The third-order valence-electron chi connectivity index (χ3n) is 6.60. The number of anilines is 2. The highest BCUT2D eigenvalue weighted by molar-refractivity contribution is 6.12. The summed E-state index contributed by atoms with van der Waals surface area (Å²) in [7, 11) is 2.87. The van der Waals surface area contributed by atoms with Gasteiger partial charge in [-0.25, -0.2) is 4.79 Å². The molecule has 1 aliphatic heterocycles. The van der Waals surface area contributed by atoms with E-state index in [0.29, 0.717) is 35.3 Å². The highest BCUT2D eigenvalue weighted by atomic mass is 16.5. The van der Waals surface area contributed by atoms with Crippen LogP contribution in [0.3, 0.4) is 0 Å². The summed E-state index contributed by atoms with van der Waals surface area (Å²) < 4.78 is 10.4. The number of nitrogens with zero attached hydrogens (tertiary/aromatic N) is 2. The number of benzene rings is 2. The van der Waals surface area contributed by atoms with E-state index in [1.54, 1.807) is 13.2 Å². The molecule has 1 aromatic heterocycles. The molecule has 2 heterocycles. The number of aromatic amines is 1. The number of H-pyrrole nitrogens is 1. The molecule has 1 amide bonds. The zero-order valence-electron chi connectivity index (χ0n) is 20.2. The summed E-state index contributed by atoms with van der Waals surface area (Å²) in [4.78, 5) is 33.0. The third-order valence-corrected chi connectivity index (χ3v) is 6.60. The number of esters is 1. The minimum Gasteiger partial charge on any atom is -0.496 e. The summed E-state index contributed by atoms with van der Waals surface area (Å²) >= 11 is 0. The predicted octanol–water partition coefficient (Wildman–Crippen LogP) is 3.73. The van der Waals surface area contributed by atoms with E-state index in [0.717, 1.165) is 26.2 Å². The number of rotatable bonds is 7. The number of carbonyl (C=O) groups is 2. The van der Waals surface area contributed by atoms with Gasteiger partial charge in [-0.05, 0) is 43.2 Å². The van der Waals surface area contributed by atoms with Gasteiger partial charge >= 0.3 is 5.97 Å². The molecular formula is C26H32N4O4. The van der Waals surface area contributed by atoms with Gasteiger partial charge in [-0.15, -0.1) is 0 Å². The fraction of sp³-hybridized carbons (Fsp3) is 0.385. The summed E-state index contributed by atoms with van der Waals surface area (Å²) in [6.07, 6.45) is 0.325. The number of aryl methyl sites for hydroxylation is 1. The number of hydrogen-bond donors (Lipinski definition) is 2. The number of amides is 1. The van der Waals surface area contributed by atoms with Crippen LogP contribution in [0.5, 0.6) is 5.75 Å². The van der Waals surface area contributed by atoms with Crippen LogP contribution in [-0.2, 0) is 9.53 Å². The van der Waals surface area contributed by atoms with E-state index in [2.05, 4.69) is 52.1 Å². The standard InChI is InChI=1S/C26H32N4O4/c1-17-7-5-9-20(18(17)2)30-15-13-29(14-16-30)12-11-22(31)28-24-23-19(8-6-10-21(23)33-3)27-25(24)26(32)34-4/h5-10,27H,11-16H2,1-4H3,(H,28,31).